The van der Waals surface area contributed by atoms with E-state index in [0.717, 1.165) is 200 Å². The minimum absolute atomic E-state index is 0.0944. The normalized spacial score (nSPS) is 23.6. The van der Waals surface area contributed by atoms with Gasteiger partial charge in [-0.15, -0.1) is 0 Å². The zero-order valence-electron chi connectivity index (χ0n) is 82.9. The Morgan fingerprint density at radius 3 is 0.879 bits per heavy atom. The highest BCUT2D eigenvalue weighted by molar-refractivity contribution is 7.89. The number of likely N-dealkylation sites (tertiary alicyclic amines) is 4. The van der Waals surface area contributed by atoms with Crippen molar-refractivity contribution in [3.63, 3.8) is 0 Å². The first-order valence-electron chi connectivity index (χ1n) is 51.8. The molecule has 0 bridgehead atoms. The summed E-state index contributed by atoms with van der Waals surface area (Å²) in [5, 5.41) is 32.8. The Labute approximate surface area is 833 Å². The number of rotatable bonds is 19. The summed E-state index contributed by atoms with van der Waals surface area (Å²) >= 11 is 0. The van der Waals surface area contributed by atoms with Crippen molar-refractivity contribution in [2.24, 2.45) is 11.8 Å². The van der Waals surface area contributed by atoms with Crippen LogP contribution in [-0.2, 0) is 82.9 Å². The summed E-state index contributed by atoms with van der Waals surface area (Å²) in [5.74, 6) is 2.71. The van der Waals surface area contributed by atoms with Crippen molar-refractivity contribution in [1.29, 1.82) is 0 Å². The van der Waals surface area contributed by atoms with Crippen LogP contribution < -0.4 is 53.2 Å². The molecule has 7 spiro atoms. The molecule has 31 nitrogen and oxygen atoms in total. The summed E-state index contributed by atoms with van der Waals surface area (Å²) in [6.45, 7) is 25.4. The molecule has 14 saturated heterocycles. The molecule has 23 rings (SSSR count). The molecule has 141 heavy (non-hydrogen) atoms. The average molecular weight is 1950 g/mol. The molecule has 0 atom stereocenters. The number of amides is 7. The summed E-state index contributed by atoms with van der Waals surface area (Å²) in [4.78, 5) is 119. The lowest BCUT2D eigenvalue weighted by Crippen LogP contribution is -2.59. The Kier molecular flexibility index (Phi) is 33.6. The van der Waals surface area contributed by atoms with Gasteiger partial charge in [0.15, 0.2) is 5.78 Å². The molecule has 14 aliphatic heterocycles. The Balaban J connectivity index is 0.000000114. The van der Waals surface area contributed by atoms with Gasteiger partial charge in [-0.1, -0.05) is 194 Å². The standard InChI is InChI=1S/2C18H25N3O.C15H19N3O4S.2C15H21N3O.2C14H19N3O/c22-17-12-19-18(21(17)14-15-4-2-1-3-5-15)8-10-20(11-9-18)13-16-6-7-16;22-17-14-21(13-15-4-2-1-3-5-15)18(19-17)8-10-20(11-9-18)12-16-6-7-16;1-11(19)12-2-4-13(5-3-12)23(21,22)18-10-14(20)17-15(18)6-8-16-9-7-15;1-17-9-7-15(8-10-17)16-11-14(19)18(15)12-13-5-3-2-4-6-13;1-17-9-7-15(8-10-17)16-14(19)12-18(15)11-13-5-3-2-4-6-13;18-13-10-16-14(6-8-15-9-7-14)17(13)11-12-4-2-1-3-5-12;18-13-11-17(10-12-4-2-1-3-5-12)14(16-13)6-8-15-9-7-14/h1-5,16,19H,6-14H2;1-5,16H,6-14H2,(H,19,22);2-5,16H,6-10H2,1H3,(H,17,20);2-6,16H,7-12H2,1H3;2-6H,7-12H2,1H3,(H,16,19);1-5,15-16H,6-11H2;1-5,15H,6-11H2,(H,16,18). The highest BCUT2D eigenvalue weighted by Crippen LogP contribution is 2.41. The highest BCUT2D eigenvalue weighted by atomic mass is 32.2. The fourth-order valence-corrected chi connectivity index (χ4v) is 24.9. The van der Waals surface area contributed by atoms with E-state index in [1.165, 1.54) is 108 Å². The van der Waals surface area contributed by atoms with Crippen LogP contribution in [0.15, 0.2) is 211 Å². The Morgan fingerprint density at radius 1 is 0.312 bits per heavy atom. The maximum Gasteiger partial charge on any atom is 0.245 e. The van der Waals surface area contributed by atoms with E-state index >= 15 is 0 Å². The van der Waals surface area contributed by atoms with Gasteiger partial charge < -0.3 is 71.5 Å². The van der Waals surface area contributed by atoms with Crippen LogP contribution in [0.4, 0.5) is 0 Å². The molecular weight excluding hydrogens is 1800 g/mol. The SMILES string of the molecule is CC(=O)c1ccc(S(=O)(=O)N2CC(=O)NC23CCNCC3)cc1.CN1CCC2(CC1)NC(=O)CN2Cc1ccccc1.CN1CCC2(CC1)NCC(=O)N2Cc1ccccc1.O=C1CN(Cc2ccccc2)C2(CCN(CC3CC3)CC2)N1.O=C1CN(Cc2ccccc2)C2(CCNCC2)N1.O=C1CNC2(CCN(CC3CC3)CC2)N1Cc1ccccc1.O=C1CNC2(CCNCC2)N1Cc1ccccc1. The van der Waals surface area contributed by atoms with Crippen LogP contribution >= 0.6 is 0 Å². The summed E-state index contributed by atoms with van der Waals surface area (Å²) < 4.78 is 27.2. The maximum atomic E-state index is 13.0. The van der Waals surface area contributed by atoms with Crippen molar-refractivity contribution in [3.05, 3.63) is 245 Å². The van der Waals surface area contributed by atoms with Crippen molar-refractivity contribution in [3.8, 4) is 0 Å². The van der Waals surface area contributed by atoms with Crippen LogP contribution in [0.5, 0.6) is 0 Å². The Hall–Kier alpha value is -10.1. The van der Waals surface area contributed by atoms with E-state index < -0.39 is 15.7 Å². The van der Waals surface area contributed by atoms with Gasteiger partial charge in [0.05, 0.1) is 84.7 Å². The lowest BCUT2D eigenvalue weighted by molar-refractivity contribution is -0.133. The maximum absolute atomic E-state index is 13.0. The third-order valence-electron chi connectivity index (χ3n) is 32.0. The molecule has 756 valence electrons. The lowest BCUT2D eigenvalue weighted by atomic mass is 9.95. The minimum atomic E-state index is -3.81. The molecule has 14 heterocycles. The zero-order chi connectivity index (χ0) is 98.1. The van der Waals surface area contributed by atoms with Crippen LogP contribution in [0.1, 0.15) is 166 Å². The molecule has 7 amide bonds. The number of Topliss-reactive ketones (excluding diaryl/α,β-unsaturated/α-hetero) is 1. The smallest absolute Gasteiger partial charge is 0.245 e. The number of carbonyl (C=O) groups is 8. The van der Waals surface area contributed by atoms with Crippen molar-refractivity contribution in [2.75, 3.05) is 165 Å². The number of nitrogens with zero attached hydrogens (tertiary/aromatic N) is 11. The van der Waals surface area contributed by atoms with Crippen LogP contribution in [-0.4, -0.2) is 313 Å². The molecule has 7 aromatic rings. The summed E-state index contributed by atoms with van der Waals surface area (Å²) in [5.41, 5.74) is 6.42. The number of carbonyl (C=O) groups excluding carboxylic acids is 8. The third kappa shape index (κ3) is 25.6. The van der Waals surface area contributed by atoms with E-state index in [2.05, 4.69) is 221 Å². The fourth-order valence-electron chi connectivity index (χ4n) is 23.2. The largest absolute Gasteiger partial charge is 0.337 e. The number of ketones is 1. The predicted molar refractivity (Wildman–Crippen MR) is 544 cm³/mol. The van der Waals surface area contributed by atoms with Gasteiger partial charge in [-0.25, -0.2) is 8.42 Å². The van der Waals surface area contributed by atoms with Gasteiger partial charge in [0.1, 0.15) is 5.66 Å². The van der Waals surface area contributed by atoms with Gasteiger partial charge in [-0.3, -0.25) is 69.0 Å². The van der Waals surface area contributed by atoms with Gasteiger partial charge >= 0.3 is 0 Å². The number of benzene rings is 7. The van der Waals surface area contributed by atoms with Crippen molar-refractivity contribution >= 4 is 57.2 Å². The second kappa shape index (κ2) is 46.3. The van der Waals surface area contributed by atoms with E-state index in [-0.39, 0.29) is 92.6 Å². The van der Waals surface area contributed by atoms with Gasteiger partial charge in [0.2, 0.25) is 51.4 Å². The second-order valence-electron chi connectivity index (χ2n) is 41.8. The van der Waals surface area contributed by atoms with Gasteiger partial charge in [-0.05, 0) is 233 Å². The summed E-state index contributed by atoms with van der Waals surface area (Å²) in [6, 6.07) is 67.9. The van der Waals surface area contributed by atoms with E-state index in [1.807, 2.05) is 77.7 Å². The summed E-state index contributed by atoms with van der Waals surface area (Å²) in [7, 11) is 0.477. The van der Waals surface area contributed by atoms with E-state index in [0.29, 0.717) is 77.3 Å². The van der Waals surface area contributed by atoms with E-state index in [9.17, 15) is 46.8 Å². The van der Waals surface area contributed by atoms with Crippen molar-refractivity contribution < 1.29 is 46.8 Å². The lowest BCUT2D eigenvalue weighted by Gasteiger charge is -2.44. The van der Waals surface area contributed by atoms with Crippen LogP contribution in [0.25, 0.3) is 0 Å². The Morgan fingerprint density at radius 2 is 0.567 bits per heavy atom. The van der Waals surface area contributed by atoms with Crippen LogP contribution in [0.2, 0.25) is 0 Å². The number of hydrogen-bond donors (Lipinski definition) is 10. The monoisotopic (exact) mass is 1940 g/mol. The molecule has 2 aliphatic carbocycles. The molecule has 10 N–H and O–H groups in total. The average Bonchev–Trinajstić information content (AvgIpc) is 1.63. The van der Waals surface area contributed by atoms with Gasteiger partial charge in [0, 0.05) is 110 Å². The van der Waals surface area contributed by atoms with Crippen molar-refractivity contribution in [2.45, 2.75) is 206 Å². The fraction of sp³-hybridized carbons (Fsp3) is 0.541. The number of nitrogens with one attached hydrogen (secondary N) is 10. The molecule has 16 aliphatic rings. The quantitative estimate of drug-likeness (QED) is 0.0358. The van der Waals surface area contributed by atoms with Gasteiger partial charge in [0.25, 0.3) is 0 Å². The first-order chi connectivity index (χ1) is 68.3. The third-order valence-corrected chi connectivity index (χ3v) is 33.9. The van der Waals surface area contributed by atoms with Crippen LogP contribution in [0.3, 0.4) is 0 Å². The molecule has 0 radical (unpaired) electrons. The second-order valence-corrected chi connectivity index (χ2v) is 43.7. The first kappa shape index (κ1) is 102. The zero-order valence-corrected chi connectivity index (χ0v) is 83.7. The van der Waals surface area contributed by atoms with Crippen molar-refractivity contribution in [1.82, 2.24) is 106 Å². The minimum Gasteiger partial charge on any atom is -0.337 e. The summed E-state index contributed by atoms with van der Waals surface area (Å²) in [6.07, 6.45) is 19.0. The molecule has 7 aromatic carbocycles. The topological polar surface area (TPSA) is 327 Å². The van der Waals surface area contributed by atoms with E-state index in [1.54, 1.807) is 0 Å². The van der Waals surface area contributed by atoms with Crippen LogP contribution in [0, 0.1) is 11.8 Å². The molecule has 0 unspecified atom stereocenters. The molecule has 32 heteroatoms. The molecular formula is C109H149N21O10S. The number of sulfonamides is 1. The highest BCUT2D eigenvalue weighted by Gasteiger charge is 2.55. The first-order valence-corrected chi connectivity index (χ1v) is 53.2. The Bertz CT molecular complexity index is 5380. The number of piperidine rings is 7. The number of hydrogen-bond acceptors (Lipinski definition) is 23. The molecule has 16 fully saturated rings. The van der Waals surface area contributed by atoms with E-state index in [4.69, 9.17) is 0 Å². The predicted octanol–water partition coefficient (Wildman–Crippen LogP) is 7.21. The van der Waals surface area contributed by atoms with Gasteiger partial charge in [-0.2, -0.15) is 4.31 Å². The molecule has 2 saturated carbocycles. The molecule has 0 aromatic heterocycles.